The van der Waals surface area contributed by atoms with Gasteiger partial charge in [-0.05, 0) is 50.0 Å². The molecule has 6 rings (SSSR count). The number of halogens is 1. The largest absolute Gasteiger partial charge is 0.356 e. The zero-order valence-electron chi connectivity index (χ0n) is 26.4. The van der Waals surface area contributed by atoms with Crippen LogP contribution >= 0.6 is 0 Å². The van der Waals surface area contributed by atoms with Crippen molar-refractivity contribution in [1.82, 2.24) is 30.2 Å². The normalized spacial score (nSPS) is 14.1. The van der Waals surface area contributed by atoms with Crippen molar-refractivity contribution in [2.24, 2.45) is 5.92 Å². The van der Waals surface area contributed by atoms with Gasteiger partial charge in [-0.1, -0.05) is 56.2 Å². The van der Waals surface area contributed by atoms with Gasteiger partial charge in [-0.2, -0.15) is 0 Å². The molecule has 4 aromatic heterocycles. The van der Waals surface area contributed by atoms with Crippen molar-refractivity contribution in [2.45, 2.75) is 72.3 Å². The van der Waals surface area contributed by atoms with Gasteiger partial charge in [0.1, 0.15) is 5.82 Å². The maximum atomic E-state index is 14.0. The van der Waals surface area contributed by atoms with Crippen molar-refractivity contribution in [3.63, 3.8) is 0 Å². The summed E-state index contributed by atoms with van der Waals surface area (Å²) < 4.78 is 25.3. The number of piperidine rings is 1. The highest BCUT2D eigenvalue weighted by Gasteiger charge is 2.25. The van der Waals surface area contributed by atoms with Crippen LogP contribution in [0.2, 0.25) is 0 Å². The van der Waals surface area contributed by atoms with Crippen LogP contribution in [0, 0.1) is 18.7 Å². The van der Waals surface area contributed by atoms with E-state index in [-0.39, 0.29) is 17.7 Å². The third-order valence-corrected chi connectivity index (χ3v) is 8.23. The van der Waals surface area contributed by atoms with Crippen molar-refractivity contribution in [2.75, 3.05) is 23.3 Å². The van der Waals surface area contributed by atoms with E-state index in [4.69, 9.17) is 24.0 Å². The van der Waals surface area contributed by atoms with E-state index in [1.54, 1.807) is 18.3 Å². The molecular formula is C34H39FN8O2. The molecule has 1 saturated heterocycles. The van der Waals surface area contributed by atoms with Gasteiger partial charge in [0.2, 0.25) is 11.9 Å². The predicted molar refractivity (Wildman–Crippen MR) is 170 cm³/mol. The molecule has 1 aliphatic heterocycles. The van der Waals surface area contributed by atoms with E-state index in [1.807, 2.05) is 31.3 Å². The van der Waals surface area contributed by atoms with E-state index in [2.05, 4.69) is 53.2 Å². The number of nitrogens with one attached hydrogen (secondary N) is 1. The van der Waals surface area contributed by atoms with Crippen molar-refractivity contribution in [3.8, 4) is 22.6 Å². The number of nitrogens with zero attached hydrogens (tertiary/aromatic N) is 7. The molecule has 5 aromatic rings. The zero-order chi connectivity index (χ0) is 31.5. The summed E-state index contributed by atoms with van der Waals surface area (Å²) >= 11 is 0. The fraction of sp³-hybridized carbons (Fsp3) is 0.412. The Morgan fingerprint density at radius 3 is 2.24 bits per heavy atom. The Morgan fingerprint density at radius 2 is 1.56 bits per heavy atom. The van der Waals surface area contributed by atoms with Crippen molar-refractivity contribution in [3.05, 3.63) is 82.9 Å². The molecule has 1 N–H and O–H groups in total. The molecule has 45 heavy (non-hydrogen) atoms. The number of aromatic nitrogens is 6. The van der Waals surface area contributed by atoms with E-state index in [0.29, 0.717) is 35.5 Å². The number of hydrogen-bond acceptors (Lipinski definition) is 10. The summed E-state index contributed by atoms with van der Waals surface area (Å²) in [6.45, 7) is 12.4. The van der Waals surface area contributed by atoms with Gasteiger partial charge in [0, 0.05) is 49.7 Å². The first-order chi connectivity index (χ1) is 21.7. The third-order valence-electron chi connectivity index (χ3n) is 8.23. The van der Waals surface area contributed by atoms with Gasteiger partial charge in [-0.15, -0.1) is 0 Å². The number of aryl methyl sites for hydroxylation is 1. The summed E-state index contributed by atoms with van der Waals surface area (Å²) in [5.41, 5.74) is 5.84. The van der Waals surface area contributed by atoms with Gasteiger partial charge in [0.25, 0.3) is 0 Å². The average molecular weight is 611 g/mol. The van der Waals surface area contributed by atoms with Crippen molar-refractivity contribution >= 4 is 11.9 Å². The standard InChI is InChI=1S/C34H39FN8O2/c1-20(2)31-26(18-37-33(39-31)36-17-24-8-6-7-9-28(24)35)30-16-25(42-45-30)15-23-10-12-43(13-11-23)34-38-19-27(32(40-34)21(3)4)29-14-22(5)41-44-29/h6-9,14,16,18-21,23H,10-13,15,17H2,1-5H3,(H,36,37,39). The van der Waals surface area contributed by atoms with Gasteiger partial charge in [0.15, 0.2) is 11.5 Å². The molecule has 0 bridgehead atoms. The second kappa shape index (κ2) is 13.1. The van der Waals surface area contributed by atoms with E-state index in [1.165, 1.54) is 6.07 Å². The molecule has 11 heteroatoms. The molecule has 0 saturated carbocycles. The fourth-order valence-corrected chi connectivity index (χ4v) is 5.75. The number of benzene rings is 1. The highest BCUT2D eigenvalue weighted by atomic mass is 19.1. The minimum Gasteiger partial charge on any atom is -0.356 e. The topological polar surface area (TPSA) is 119 Å². The fourth-order valence-electron chi connectivity index (χ4n) is 5.75. The lowest BCUT2D eigenvalue weighted by molar-refractivity contribution is 0.376. The second-order valence-corrected chi connectivity index (χ2v) is 12.4. The molecule has 0 unspecified atom stereocenters. The first kappa shape index (κ1) is 30.4. The summed E-state index contributed by atoms with van der Waals surface area (Å²) in [7, 11) is 0. The van der Waals surface area contributed by atoms with Crippen LogP contribution < -0.4 is 10.2 Å². The summed E-state index contributed by atoms with van der Waals surface area (Å²) in [4.78, 5) is 21.1. The van der Waals surface area contributed by atoms with Crippen LogP contribution in [0.25, 0.3) is 22.6 Å². The summed E-state index contributed by atoms with van der Waals surface area (Å²) in [6.07, 6.45) is 6.47. The lowest BCUT2D eigenvalue weighted by atomic mass is 9.92. The maximum absolute atomic E-state index is 14.0. The highest BCUT2D eigenvalue weighted by molar-refractivity contribution is 5.62. The smallest absolute Gasteiger partial charge is 0.225 e. The van der Waals surface area contributed by atoms with E-state index < -0.39 is 0 Å². The van der Waals surface area contributed by atoms with Crippen LogP contribution in [-0.2, 0) is 13.0 Å². The SMILES string of the molecule is Cc1cc(-c2cnc(N3CCC(Cc4cc(-c5cnc(NCc6ccccc6F)nc5C(C)C)on4)CC3)nc2C(C)C)on1. The summed E-state index contributed by atoms with van der Waals surface area (Å²) in [6, 6.07) is 10.6. The maximum Gasteiger partial charge on any atom is 0.225 e. The predicted octanol–water partition coefficient (Wildman–Crippen LogP) is 7.34. The third kappa shape index (κ3) is 6.87. The van der Waals surface area contributed by atoms with E-state index in [9.17, 15) is 4.39 Å². The quantitative estimate of drug-likeness (QED) is 0.172. The Hall–Kier alpha value is -4.67. The monoisotopic (exact) mass is 610 g/mol. The number of hydrogen-bond donors (Lipinski definition) is 1. The van der Waals surface area contributed by atoms with Crippen LogP contribution in [0.1, 0.15) is 80.7 Å². The van der Waals surface area contributed by atoms with Crippen LogP contribution in [-0.4, -0.2) is 43.3 Å². The first-order valence-corrected chi connectivity index (χ1v) is 15.6. The molecule has 0 amide bonds. The Morgan fingerprint density at radius 1 is 0.889 bits per heavy atom. The molecule has 1 fully saturated rings. The minimum absolute atomic E-state index is 0.127. The summed E-state index contributed by atoms with van der Waals surface area (Å²) in [5.74, 6) is 3.13. The molecule has 1 aliphatic rings. The van der Waals surface area contributed by atoms with Gasteiger partial charge in [-0.3, -0.25) is 0 Å². The molecular weight excluding hydrogens is 571 g/mol. The summed E-state index contributed by atoms with van der Waals surface area (Å²) in [5, 5.41) is 11.6. The Balaban J connectivity index is 1.09. The van der Waals surface area contributed by atoms with Crippen LogP contribution in [0.3, 0.4) is 0 Å². The highest BCUT2D eigenvalue weighted by Crippen LogP contribution is 2.32. The molecule has 5 heterocycles. The average Bonchev–Trinajstić information content (AvgIpc) is 3.69. The molecule has 234 valence electrons. The lowest BCUT2D eigenvalue weighted by Crippen LogP contribution is -2.35. The van der Waals surface area contributed by atoms with Crippen LogP contribution in [0.5, 0.6) is 0 Å². The Labute approximate surface area is 262 Å². The minimum atomic E-state index is -0.257. The molecule has 10 nitrogen and oxygen atoms in total. The first-order valence-electron chi connectivity index (χ1n) is 15.6. The van der Waals surface area contributed by atoms with Gasteiger partial charge < -0.3 is 19.3 Å². The molecule has 1 aromatic carbocycles. The zero-order valence-corrected chi connectivity index (χ0v) is 26.4. The van der Waals surface area contributed by atoms with Gasteiger partial charge in [-0.25, -0.2) is 24.3 Å². The van der Waals surface area contributed by atoms with Gasteiger partial charge >= 0.3 is 0 Å². The molecule has 0 atom stereocenters. The molecule has 0 spiro atoms. The number of anilines is 2. The van der Waals surface area contributed by atoms with Crippen molar-refractivity contribution in [1.29, 1.82) is 0 Å². The van der Waals surface area contributed by atoms with Crippen molar-refractivity contribution < 1.29 is 13.4 Å². The Kier molecular flexibility index (Phi) is 8.86. The van der Waals surface area contributed by atoms with Crippen LogP contribution in [0.15, 0.2) is 57.8 Å². The molecule has 0 aliphatic carbocycles. The van der Waals surface area contributed by atoms with Crippen LogP contribution in [0.4, 0.5) is 16.3 Å². The Bertz CT molecular complexity index is 1760. The molecule has 0 radical (unpaired) electrons. The lowest BCUT2D eigenvalue weighted by Gasteiger charge is -2.32. The number of rotatable bonds is 10. The van der Waals surface area contributed by atoms with E-state index in [0.717, 1.165) is 72.2 Å². The van der Waals surface area contributed by atoms with Gasteiger partial charge in [0.05, 0.1) is 33.9 Å². The second-order valence-electron chi connectivity index (χ2n) is 12.4. The van der Waals surface area contributed by atoms with E-state index >= 15 is 0 Å².